The molecule has 1 unspecified atom stereocenters. The summed E-state index contributed by atoms with van der Waals surface area (Å²) in [6, 6.07) is 0.393. The number of hydrogen-bond donors (Lipinski definition) is 1. The van der Waals surface area contributed by atoms with E-state index < -0.39 is 6.10 Å². The summed E-state index contributed by atoms with van der Waals surface area (Å²) < 4.78 is 10.2. The summed E-state index contributed by atoms with van der Waals surface area (Å²) in [6.07, 6.45) is 4.15. The highest BCUT2D eigenvalue weighted by molar-refractivity contribution is 5.73. The van der Waals surface area contributed by atoms with Crippen molar-refractivity contribution in [3.63, 3.8) is 0 Å². The minimum Gasteiger partial charge on any atom is -0.467 e. The maximum Gasteiger partial charge on any atom is 0.334 e. The van der Waals surface area contributed by atoms with Crippen molar-refractivity contribution in [3.8, 4) is 0 Å². The number of carbonyl (C=O) groups excluding carboxylic acids is 1. The van der Waals surface area contributed by atoms with Crippen LogP contribution < -0.4 is 5.73 Å². The second kappa shape index (κ2) is 3.76. The molecule has 15 heavy (non-hydrogen) atoms. The summed E-state index contributed by atoms with van der Waals surface area (Å²) >= 11 is 0. The molecule has 0 aromatic carbocycles. The van der Waals surface area contributed by atoms with Crippen molar-refractivity contribution >= 4 is 5.97 Å². The summed E-state index contributed by atoms with van der Waals surface area (Å²) in [6.45, 7) is 1.74. The van der Waals surface area contributed by atoms with E-state index in [0.717, 1.165) is 25.7 Å². The number of rotatable bonds is 3. The van der Waals surface area contributed by atoms with Gasteiger partial charge < -0.3 is 15.2 Å². The quantitative estimate of drug-likeness (QED) is 0.705. The van der Waals surface area contributed by atoms with Crippen LogP contribution in [-0.2, 0) is 14.3 Å². The molecule has 4 heteroatoms. The van der Waals surface area contributed by atoms with Crippen LogP contribution in [0.4, 0.5) is 0 Å². The predicted octanol–water partition coefficient (Wildman–Crippen LogP) is 0.834. The van der Waals surface area contributed by atoms with E-state index in [0.29, 0.717) is 11.5 Å². The molecule has 0 saturated heterocycles. The molecule has 1 spiro atoms. The standard InChI is InChI=1S/C11H19NO3/c1-7(10(13)14-2)15-9-5-11(6-9)3-8(12)4-11/h7-9H,3-6,12H2,1-2H3. The van der Waals surface area contributed by atoms with Gasteiger partial charge in [-0.2, -0.15) is 0 Å². The third kappa shape index (κ3) is 2.01. The van der Waals surface area contributed by atoms with Gasteiger partial charge in [-0.1, -0.05) is 0 Å². The van der Waals surface area contributed by atoms with Gasteiger partial charge in [0.15, 0.2) is 6.10 Å². The van der Waals surface area contributed by atoms with Crippen molar-refractivity contribution in [1.29, 1.82) is 0 Å². The zero-order chi connectivity index (χ0) is 11.1. The van der Waals surface area contributed by atoms with Crippen molar-refractivity contribution in [2.75, 3.05) is 7.11 Å². The first-order valence-corrected chi connectivity index (χ1v) is 5.53. The van der Waals surface area contributed by atoms with E-state index in [-0.39, 0.29) is 12.1 Å². The minimum atomic E-state index is -0.439. The lowest BCUT2D eigenvalue weighted by Crippen LogP contribution is -2.56. The van der Waals surface area contributed by atoms with E-state index in [1.54, 1.807) is 6.92 Å². The molecular formula is C11H19NO3. The highest BCUT2D eigenvalue weighted by atomic mass is 16.6. The lowest BCUT2D eigenvalue weighted by molar-refractivity contribution is -0.175. The van der Waals surface area contributed by atoms with E-state index in [9.17, 15) is 4.79 Å². The Morgan fingerprint density at radius 3 is 2.47 bits per heavy atom. The second-order valence-electron chi connectivity index (χ2n) is 5.00. The van der Waals surface area contributed by atoms with Crippen LogP contribution in [0.1, 0.15) is 32.6 Å². The average Bonchev–Trinajstić information content (AvgIpc) is 2.10. The van der Waals surface area contributed by atoms with E-state index >= 15 is 0 Å². The van der Waals surface area contributed by atoms with Crippen LogP contribution >= 0.6 is 0 Å². The van der Waals surface area contributed by atoms with E-state index in [2.05, 4.69) is 4.74 Å². The first kappa shape index (κ1) is 10.9. The third-order valence-electron chi connectivity index (χ3n) is 3.64. The van der Waals surface area contributed by atoms with Crippen LogP contribution in [0.5, 0.6) is 0 Å². The predicted molar refractivity (Wildman–Crippen MR) is 55.2 cm³/mol. The average molecular weight is 213 g/mol. The van der Waals surface area contributed by atoms with E-state index in [4.69, 9.17) is 10.5 Å². The first-order chi connectivity index (χ1) is 7.04. The molecule has 2 fully saturated rings. The Bertz CT molecular complexity index is 253. The molecule has 1 atom stereocenters. The van der Waals surface area contributed by atoms with Crippen molar-refractivity contribution in [1.82, 2.24) is 0 Å². The Balaban J connectivity index is 1.70. The maximum atomic E-state index is 11.1. The van der Waals surface area contributed by atoms with Gasteiger partial charge in [0.2, 0.25) is 0 Å². The summed E-state index contributed by atoms with van der Waals surface area (Å²) in [5.74, 6) is -0.290. The van der Waals surface area contributed by atoms with Gasteiger partial charge in [0.25, 0.3) is 0 Å². The Morgan fingerprint density at radius 1 is 1.40 bits per heavy atom. The zero-order valence-corrected chi connectivity index (χ0v) is 9.36. The number of hydrogen-bond acceptors (Lipinski definition) is 4. The van der Waals surface area contributed by atoms with E-state index in [1.807, 2.05) is 0 Å². The van der Waals surface area contributed by atoms with Crippen molar-refractivity contribution in [2.45, 2.75) is 50.9 Å². The van der Waals surface area contributed by atoms with E-state index in [1.165, 1.54) is 7.11 Å². The highest BCUT2D eigenvalue weighted by Crippen LogP contribution is 2.56. The van der Waals surface area contributed by atoms with Crippen molar-refractivity contribution in [3.05, 3.63) is 0 Å². The fourth-order valence-corrected chi connectivity index (χ4v) is 2.90. The Labute approximate surface area is 90.1 Å². The third-order valence-corrected chi connectivity index (χ3v) is 3.64. The Morgan fingerprint density at radius 2 is 2.00 bits per heavy atom. The van der Waals surface area contributed by atoms with Gasteiger partial charge in [0.1, 0.15) is 0 Å². The molecule has 0 heterocycles. The second-order valence-corrected chi connectivity index (χ2v) is 5.00. The molecule has 2 rings (SSSR count). The zero-order valence-electron chi connectivity index (χ0n) is 9.36. The Kier molecular flexibility index (Phi) is 2.73. The van der Waals surface area contributed by atoms with Crippen molar-refractivity contribution < 1.29 is 14.3 Å². The lowest BCUT2D eigenvalue weighted by atomic mass is 9.53. The summed E-state index contributed by atoms with van der Waals surface area (Å²) in [5.41, 5.74) is 6.22. The molecule has 2 aliphatic carbocycles. The minimum absolute atomic E-state index is 0.228. The molecule has 0 amide bonds. The van der Waals surface area contributed by atoms with Crippen LogP contribution in [-0.4, -0.2) is 31.3 Å². The van der Waals surface area contributed by atoms with Gasteiger partial charge in [0.05, 0.1) is 13.2 Å². The van der Waals surface area contributed by atoms with Gasteiger partial charge in [0, 0.05) is 6.04 Å². The van der Waals surface area contributed by atoms with Crippen LogP contribution in [0, 0.1) is 5.41 Å². The number of ether oxygens (including phenoxy) is 2. The molecule has 4 nitrogen and oxygen atoms in total. The molecule has 0 aliphatic heterocycles. The largest absolute Gasteiger partial charge is 0.467 e. The van der Waals surface area contributed by atoms with Crippen LogP contribution in [0.15, 0.2) is 0 Å². The van der Waals surface area contributed by atoms with Gasteiger partial charge in [-0.15, -0.1) is 0 Å². The van der Waals surface area contributed by atoms with Crippen LogP contribution in [0.25, 0.3) is 0 Å². The fourth-order valence-electron chi connectivity index (χ4n) is 2.90. The Hall–Kier alpha value is -0.610. The number of carbonyl (C=O) groups is 1. The molecule has 0 aromatic heterocycles. The van der Waals surface area contributed by atoms with Gasteiger partial charge in [-0.3, -0.25) is 0 Å². The number of esters is 1. The molecule has 2 N–H and O–H groups in total. The molecule has 0 aromatic rings. The molecule has 2 saturated carbocycles. The summed E-state index contributed by atoms with van der Waals surface area (Å²) in [4.78, 5) is 11.1. The lowest BCUT2D eigenvalue weighted by Gasteiger charge is -2.56. The molecule has 86 valence electrons. The van der Waals surface area contributed by atoms with Crippen molar-refractivity contribution in [2.24, 2.45) is 11.1 Å². The summed E-state index contributed by atoms with van der Waals surface area (Å²) in [5, 5.41) is 0. The first-order valence-electron chi connectivity index (χ1n) is 5.53. The molecule has 2 aliphatic rings. The maximum absolute atomic E-state index is 11.1. The highest BCUT2D eigenvalue weighted by Gasteiger charge is 2.52. The summed E-state index contributed by atoms with van der Waals surface area (Å²) in [7, 11) is 1.38. The number of nitrogens with two attached hydrogens (primary N) is 1. The van der Waals surface area contributed by atoms with Crippen LogP contribution in [0.3, 0.4) is 0 Å². The number of methoxy groups -OCH3 is 1. The molecule has 0 bridgehead atoms. The monoisotopic (exact) mass is 213 g/mol. The van der Waals surface area contributed by atoms with Crippen LogP contribution in [0.2, 0.25) is 0 Å². The normalized spacial score (nSPS) is 40.5. The SMILES string of the molecule is COC(=O)C(C)OC1CC2(CC(N)C2)C1. The van der Waals surface area contributed by atoms with Gasteiger partial charge in [-0.25, -0.2) is 4.79 Å². The van der Waals surface area contributed by atoms with Gasteiger partial charge in [-0.05, 0) is 38.0 Å². The van der Waals surface area contributed by atoms with Gasteiger partial charge >= 0.3 is 5.97 Å². The molecule has 0 radical (unpaired) electrons. The topological polar surface area (TPSA) is 61.5 Å². The molecular weight excluding hydrogens is 194 g/mol. The smallest absolute Gasteiger partial charge is 0.334 e. The fraction of sp³-hybridized carbons (Fsp3) is 0.909.